The van der Waals surface area contributed by atoms with Gasteiger partial charge in [-0.1, -0.05) is 83.9 Å². The lowest BCUT2D eigenvalue weighted by molar-refractivity contribution is -0.126. The molecule has 1 heterocycles. The summed E-state index contributed by atoms with van der Waals surface area (Å²) in [5.74, 6) is -0.172. The van der Waals surface area contributed by atoms with Gasteiger partial charge in [-0.15, -0.1) is 0 Å². The van der Waals surface area contributed by atoms with E-state index in [0.29, 0.717) is 28.6 Å². The van der Waals surface area contributed by atoms with E-state index in [1.54, 1.807) is 22.9 Å². The first-order chi connectivity index (χ1) is 18.0. The molecule has 3 aromatic carbocycles. The topological polar surface area (TPSA) is 49.9 Å². The van der Waals surface area contributed by atoms with Crippen molar-refractivity contribution in [2.24, 2.45) is 0 Å². The van der Waals surface area contributed by atoms with Crippen LogP contribution in [0.3, 0.4) is 0 Å². The zero-order valence-electron chi connectivity index (χ0n) is 22.1. The van der Waals surface area contributed by atoms with Crippen molar-refractivity contribution in [3.63, 3.8) is 0 Å². The number of amides is 2. The zero-order valence-corrected chi connectivity index (χ0v) is 23.6. The molecule has 2 amide bonds. The molecule has 0 saturated heterocycles. The van der Waals surface area contributed by atoms with Gasteiger partial charge >= 0.3 is 6.09 Å². The third-order valence-corrected chi connectivity index (χ3v) is 7.22. The lowest BCUT2D eigenvalue weighted by atomic mass is 9.90. The van der Waals surface area contributed by atoms with Crippen molar-refractivity contribution in [1.29, 1.82) is 0 Å². The molecule has 0 aliphatic carbocycles. The van der Waals surface area contributed by atoms with E-state index in [0.717, 1.165) is 27.8 Å². The average Bonchev–Trinajstić information content (AvgIpc) is 2.90. The van der Waals surface area contributed by atoms with Crippen LogP contribution in [0.25, 0.3) is 16.7 Å². The molecular formula is C31H32Cl2N2O3. The Morgan fingerprint density at radius 2 is 1.58 bits per heavy atom. The Morgan fingerprint density at radius 3 is 2.29 bits per heavy atom. The molecule has 0 radical (unpaired) electrons. The van der Waals surface area contributed by atoms with E-state index in [1.165, 1.54) is 0 Å². The molecule has 0 atom stereocenters. The lowest BCUT2D eigenvalue weighted by Crippen LogP contribution is -2.43. The van der Waals surface area contributed by atoms with Crippen LogP contribution in [0.2, 0.25) is 10.0 Å². The Bertz CT molecular complexity index is 1360. The Morgan fingerprint density at radius 1 is 0.921 bits per heavy atom. The maximum absolute atomic E-state index is 13.9. The van der Waals surface area contributed by atoms with Crippen LogP contribution in [0, 0.1) is 0 Å². The van der Waals surface area contributed by atoms with Crippen LogP contribution in [0.5, 0.6) is 0 Å². The first kappa shape index (κ1) is 27.7. The van der Waals surface area contributed by atoms with Crippen molar-refractivity contribution in [1.82, 2.24) is 9.80 Å². The molecule has 38 heavy (non-hydrogen) atoms. The van der Waals surface area contributed by atoms with Crippen molar-refractivity contribution in [2.75, 3.05) is 20.1 Å². The Balaban J connectivity index is 1.71. The van der Waals surface area contributed by atoms with Gasteiger partial charge in [-0.2, -0.15) is 0 Å². The second kappa shape index (κ2) is 11.6. The third kappa shape index (κ3) is 6.58. The fraction of sp³-hybridized carbons (Fsp3) is 0.290. The van der Waals surface area contributed by atoms with Crippen LogP contribution in [0.1, 0.15) is 38.3 Å². The molecule has 0 unspecified atom stereocenters. The number of carbonyl (C=O) groups is 2. The molecule has 0 saturated carbocycles. The molecular weight excluding hydrogens is 519 g/mol. The normalized spacial score (nSPS) is 13.9. The molecule has 1 aliphatic rings. The standard InChI is InChI=1S/C31H32Cl2N2O3/c1-31(2,3)38-30(37)35-17-16-25(23-13-8-12-22(18-23)21-10-6-5-7-11-21)26(20-35)29(36)34(4)19-24-14-9-15-27(32)28(24)33/h5-15,18H,16-17,19-20H2,1-4H3. The summed E-state index contributed by atoms with van der Waals surface area (Å²) in [6, 6.07) is 23.7. The van der Waals surface area contributed by atoms with Crippen LogP contribution < -0.4 is 0 Å². The van der Waals surface area contributed by atoms with E-state index in [4.69, 9.17) is 27.9 Å². The van der Waals surface area contributed by atoms with Gasteiger partial charge in [0.25, 0.3) is 5.91 Å². The van der Waals surface area contributed by atoms with Crippen LogP contribution >= 0.6 is 23.2 Å². The molecule has 1 aliphatic heterocycles. The number of hydrogen-bond donors (Lipinski definition) is 0. The molecule has 5 nitrogen and oxygen atoms in total. The average molecular weight is 552 g/mol. The summed E-state index contributed by atoms with van der Waals surface area (Å²) in [4.78, 5) is 30.1. The number of halogens is 2. The monoisotopic (exact) mass is 550 g/mol. The highest BCUT2D eigenvalue weighted by Crippen LogP contribution is 2.33. The highest BCUT2D eigenvalue weighted by atomic mass is 35.5. The largest absolute Gasteiger partial charge is 0.444 e. The number of rotatable bonds is 5. The van der Waals surface area contributed by atoms with Crippen molar-refractivity contribution in [2.45, 2.75) is 39.3 Å². The van der Waals surface area contributed by atoms with Crippen LogP contribution in [0.15, 0.2) is 78.4 Å². The Labute approximate surface area is 234 Å². The zero-order chi connectivity index (χ0) is 27.4. The molecule has 0 spiro atoms. The van der Waals surface area contributed by atoms with Crippen molar-refractivity contribution < 1.29 is 14.3 Å². The maximum Gasteiger partial charge on any atom is 0.410 e. The summed E-state index contributed by atoms with van der Waals surface area (Å²) < 4.78 is 5.62. The summed E-state index contributed by atoms with van der Waals surface area (Å²) >= 11 is 12.6. The second-order valence-corrected chi connectivity index (χ2v) is 11.2. The fourth-order valence-corrected chi connectivity index (χ4v) is 4.89. The van der Waals surface area contributed by atoms with Crippen molar-refractivity contribution in [3.8, 4) is 11.1 Å². The lowest BCUT2D eigenvalue weighted by Gasteiger charge is -2.33. The number of carbonyl (C=O) groups excluding carboxylic acids is 2. The summed E-state index contributed by atoms with van der Waals surface area (Å²) in [5.41, 5.74) is 4.74. The first-order valence-electron chi connectivity index (χ1n) is 12.6. The van der Waals surface area contributed by atoms with Crippen LogP contribution in [0.4, 0.5) is 4.79 Å². The van der Waals surface area contributed by atoms with Gasteiger partial charge in [0.1, 0.15) is 5.60 Å². The molecule has 0 fully saturated rings. The minimum Gasteiger partial charge on any atom is -0.444 e. The predicted octanol–water partition coefficient (Wildman–Crippen LogP) is 7.71. The molecule has 3 aromatic rings. The molecule has 0 N–H and O–H groups in total. The number of ether oxygens (including phenoxy) is 1. The first-order valence-corrected chi connectivity index (χ1v) is 13.3. The minimum absolute atomic E-state index is 0.159. The van der Waals surface area contributed by atoms with Gasteiger partial charge in [0, 0.05) is 25.7 Å². The maximum atomic E-state index is 13.9. The fourth-order valence-electron chi connectivity index (χ4n) is 4.51. The van der Waals surface area contributed by atoms with E-state index < -0.39 is 11.7 Å². The van der Waals surface area contributed by atoms with Gasteiger partial charge in [0.15, 0.2) is 0 Å². The van der Waals surface area contributed by atoms with Gasteiger partial charge < -0.3 is 14.5 Å². The number of hydrogen-bond acceptors (Lipinski definition) is 3. The number of likely N-dealkylation sites (N-methyl/N-ethyl adjacent to an activating group) is 1. The summed E-state index contributed by atoms with van der Waals surface area (Å²) in [6.45, 7) is 6.40. The Kier molecular flexibility index (Phi) is 8.49. The highest BCUT2D eigenvalue weighted by molar-refractivity contribution is 6.42. The van der Waals surface area contributed by atoms with E-state index in [2.05, 4.69) is 24.3 Å². The van der Waals surface area contributed by atoms with Gasteiger partial charge in [0.05, 0.1) is 16.6 Å². The molecule has 4 rings (SSSR count). The SMILES string of the molecule is CN(Cc1cccc(Cl)c1Cl)C(=O)C1=C(c2cccc(-c3ccccc3)c2)CCN(C(=O)OC(C)(C)C)C1. The highest BCUT2D eigenvalue weighted by Gasteiger charge is 2.31. The molecule has 0 aromatic heterocycles. The minimum atomic E-state index is -0.630. The molecule has 7 heteroatoms. The quantitative estimate of drug-likeness (QED) is 0.326. The van der Waals surface area contributed by atoms with Crippen molar-refractivity contribution >= 4 is 40.8 Å². The van der Waals surface area contributed by atoms with E-state index in [9.17, 15) is 9.59 Å². The summed E-state index contributed by atoms with van der Waals surface area (Å²) in [6.07, 6.45) is 0.102. The molecule has 0 bridgehead atoms. The van der Waals surface area contributed by atoms with Crippen molar-refractivity contribution in [3.05, 3.63) is 99.5 Å². The van der Waals surface area contributed by atoms with E-state index in [1.807, 2.05) is 63.2 Å². The van der Waals surface area contributed by atoms with Crippen LogP contribution in [-0.2, 0) is 16.1 Å². The van der Waals surface area contributed by atoms with Gasteiger partial charge in [0.2, 0.25) is 0 Å². The Hall–Kier alpha value is -3.28. The van der Waals surface area contributed by atoms with Gasteiger partial charge in [-0.25, -0.2) is 4.79 Å². The summed E-state index contributed by atoms with van der Waals surface area (Å²) in [5, 5.41) is 0.869. The third-order valence-electron chi connectivity index (χ3n) is 6.36. The smallest absolute Gasteiger partial charge is 0.410 e. The molecule has 198 valence electrons. The van der Waals surface area contributed by atoms with E-state index in [-0.39, 0.29) is 19.0 Å². The second-order valence-electron chi connectivity index (χ2n) is 10.4. The van der Waals surface area contributed by atoms with E-state index >= 15 is 0 Å². The van der Waals surface area contributed by atoms with Gasteiger partial charge in [-0.3, -0.25) is 4.79 Å². The van der Waals surface area contributed by atoms with Crippen LogP contribution in [-0.4, -0.2) is 47.5 Å². The predicted molar refractivity (Wildman–Crippen MR) is 154 cm³/mol. The number of benzene rings is 3. The summed E-state index contributed by atoms with van der Waals surface area (Å²) in [7, 11) is 1.73. The number of nitrogens with zero attached hydrogens (tertiary/aromatic N) is 2. The van der Waals surface area contributed by atoms with Gasteiger partial charge in [-0.05, 0) is 67.2 Å².